The van der Waals surface area contributed by atoms with Gasteiger partial charge in [-0.15, -0.1) is 11.8 Å². The van der Waals surface area contributed by atoms with Crippen LogP contribution in [0.5, 0.6) is 0 Å². The van der Waals surface area contributed by atoms with Gasteiger partial charge in [-0.3, -0.25) is 4.79 Å². The molecule has 0 aliphatic carbocycles. The topological polar surface area (TPSA) is 29.1 Å². The molecule has 0 fully saturated rings. The number of rotatable bonds is 3. The Kier molecular flexibility index (Phi) is 3.56. The van der Waals surface area contributed by atoms with Crippen molar-refractivity contribution in [3.63, 3.8) is 0 Å². The number of fused-ring (bicyclic) bond motifs is 1. The molecule has 100 valence electrons. The Labute approximate surface area is 120 Å². The number of amides is 1. The second-order valence-corrected chi connectivity index (χ2v) is 5.33. The van der Waals surface area contributed by atoms with E-state index in [0.29, 0.717) is 11.3 Å². The zero-order valence-electron chi connectivity index (χ0n) is 10.6. The van der Waals surface area contributed by atoms with Crippen molar-refractivity contribution in [2.45, 2.75) is 5.75 Å². The minimum atomic E-state index is -0.235. The van der Waals surface area contributed by atoms with Gasteiger partial charge in [0.05, 0.1) is 5.57 Å². The van der Waals surface area contributed by atoms with E-state index in [1.165, 1.54) is 23.9 Å². The average molecular weight is 285 g/mol. The lowest BCUT2D eigenvalue weighted by atomic mass is 10.1. The van der Waals surface area contributed by atoms with E-state index in [0.717, 1.165) is 16.8 Å². The molecular weight excluding hydrogens is 273 g/mol. The molecule has 4 heteroatoms. The Bertz CT molecular complexity index is 679. The van der Waals surface area contributed by atoms with Gasteiger partial charge in [-0.25, -0.2) is 4.39 Å². The highest BCUT2D eigenvalue weighted by molar-refractivity contribution is 8.01. The highest BCUT2D eigenvalue weighted by Crippen LogP contribution is 2.33. The van der Waals surface area contributed by atoms with Crippen LogP contribution < -0.4 is 5.32 Å². The van der Waals surface area contributed by atoms with Gasteiger partial charge in [0, 0.05) is 17.0 Å². The second kappa shape index (κ2) is 5.51. The van der Waals surface area contributed by atoms with E-state index >= 15 is 0 Å². The maximum Gasteiger partial charge on any atom is 0.256 e. The summed E-state index contributed by atoms with van der Waals surface area (Å²) >= 11 is 1.53. The van der Waals surface area contributed by atoms with Gasteiger partial charge < -0.3 is 5.32 Å². The number of halogens is 1. The van der Waals surface area contributed by atoms with Crippen LogP contribution in [0.25, 0.3) is 5.57 Å². The molecule has 0 saturated heterocycles. The van der Waals surface area contributed by atoms with Crippen LogP contribution in [0.3, 0.4) is 0 Å². The standard InChI is InChI=1S/C16H12FNOS/c17-12-7-5-11(6-8-12)9-20-10-14-13-3-1-2-4-15(13)18-16(14)19/h1-8,10H,9H2,(H,18,19). The molecule has 20 heavy (non-hydrogen) atoms. The highest BCUT2D eigenvalue weighted by Gasteiger charge is 2.22. The van der Waals surface area contributed by atoms with Crippen LogP contribution in [0.2, 0.25) is 0 Å². The lowest BCUT2D eigenvalue weighted by molar-refractivity contribution is -0.110. The molecule has 2 nitrogen and oxygen atoms in total. The molecule has 0 radical (unpaired) electrons. The van der Waals surface area contributed by atoms with Crippen molar-refractivity contribution in [2.75, 3.05) is 5.32 Å². The molecule has 0 unspecified atom stereocenters. The third-order valence-corrected chi connectivity index (χ3v) is 3.98. The third-order valence-electron chi connectivity index (χ3n) is 3.07. The Morgan fingerprint density at radius 1 is 1.10 bits per heavy atom. The van der Waals surface area contributed by atoms with Crippen LogP contribution in [0, 0.1) is 5.82 Å². The predicted molar refractivity (Wildman–Crippen MR) is 80.7 cm³/mol. The van der Waals surface area contributed by atoms with E-state index in [1.807, 2.05) is 29.7 Å². The molecule has 0 spiro atoms. The van der Waals surface area contributed by atoms with Gasteiger partial charge in [-0.05, 0) is 29.2 Å². The van der Waals surface area contributed by atoms with E-state index in [-0.39, 0.29) is 11.7 Å². The summed E-state index contributed by atoms with van der Waals surface area (Å²) in [5.41, 5.74) is 3.50. The molecule has 1 aliphatic rings. The van der Waals surface area contributed by atoms with Crippen LogP contribution in [0.4, 0.5) is 10.1 Å². The normalized spacial score (nSPS) is 15.2. The van der Waals surface area contributed by atoms with Gasteiger partial charge in [-0.1, -0.05) is 30.3 Å². The lowest BCUT2D eigenvalue weighted by Gasteiger charge is -1.99. The summed E-state index contributed by atoms with van der Waals surface area (Å²) in [6, 6.07) is 14.0. The predicted octanol–water partition coefficient (Wildman–Crippen LogP) is 4.05. The van der Waals surface area contributed by atoms with Crippen molar-refractivity contribution in [3.8, 4) is 0 Å². The zero-order valence-corrected chi connectivity index (χ0v) is 11.4. The van der Waals surface area contributed by atoms with Crippen LogP contribution in [0.15, 0.2) is 53.9 Å². The second-order valence-electron chi connectivity index (χ2n) is 4.47. The Morgan fingerprint density at radius 3 is 2.65 bits per heavy atom. The van der Waals surface area contributed by atoms with Crippen molar-refractivity contribution < 1.29 is 9.18 Å². The zero-order chi connectivity index (χ0) is 13.9. The van der Waals surface area contributed by atoms with E-state index < -0.39 is 0 Å². The first-order chi connectivity index (χ1) is 9.74. The number of carbonyl (C=O) groups is 1. The van der Waals surface area contributed by atoms with Gasteiger partial charge in [0.15, 0.2) is 0 Å². The summed E-state index contributed by atoms with van der Waals surface area (Å²) in [7, 11) is 0. The Morgan fingerprint density at radius 2 is 1.85 bits per heavy atom. The van der Waals surface area contributed by atoms with Gasteiger partial charge in [0.25, 0.3) is 5.91 Å². The Hall–Kier alpha value is -2.07. The molecule has 1 N–H and O–H groups in total. The minimum absolute atomic E-state index is 0.0715. The largest absolute Gasteiger partial charge is 0.321 e. The summed E-state index contributed by atoms with van der Waals surface area (Å²) in [6.07, 6.45) is 0. The molecular formula is C16H12FNOS. The van der Waals surface area contributed by atoms with Crippen LogP contribution in [0.1, 0.15) is 11.1 Å². The van der Waals surface area contributed by atoms with Crippen molar-refractivity contribution in [2.24, 2.45) is 0 Å². The number of carbonyl (C=O) groups excluding carboxylic acids is 1. The number of nitrogens with one attached hydrogen (secondary N) is 1. The van der Waals surface area contributed by atoms with Crippen LogP contribution in [-0.2, 0) is 10.5 Å². The van der Waals surface area contributed by atoms with E-state index in [1.54, 1.807) is 12.1 Å². The quantitative estimate of drug-likeness (QED) is 0.862. The number of hydrogen-bond donors (Lipinski definition) is 1. The number of anilines is 1. The van der Waals surface area contributed by atoms with E-state index in [4.69, 9.17) is 0 Å². The fourth-order valence-electron chi connectivity index (χ4n) is 2.06. The van der Waals surface area contributed by atoms with E-state index in [9.17, 15) is 9.18 Å². The first-order valence-corrected chi connectivity index (χ1v) is 7.26. The van der Waals surface area contributed by atoms with Gasteiger partial charge in [0.2, 0.25) is 0 Å². The maximum absolute atomic E-state index is 12.8. The number of hydrogen-bond acceptors (Lipinski definition) is 2. The van der Waals surface area contributed by atoms with Crippen molar-refractivity contribution >= 4 is 28.9 Å². The molecule has 2 aromatic carbocycles. The number of para-hydroxylation sites is 1. The molecule has 2 aromatic rings. The first-order valence-electron chi connectivity index (χ1n) is 6.21. The van der Waals surface area contributed by atoms with Crippen molar-refractivity contribution in [1.82, 2.24) is 0 Å². The molecule has 0 saturated carbocycles. The SMILES string of the molecule is O=C1Nc2ccccc2C1=CSCc1ccc(F)cc1. The molecule has 1 aliphatic heterocycles. The molecule has 0 atom stereocenters. The fraction of sp³-hybridized carbons (Fsp3) is 0.0625. The lowest BCUT2D eigenvalue weighted by Crippen LogP contribution is -2.03. The molecule has 0 bridgehead atoms. The van der Waals surface area contributed by atoms with Crippen molar-refractivity contribution in [3.05, 3.63) is 70.9 Å². The first kappa shape index (κ1) is 12.9. The van der Waals surface area contributed by atoms with E-state index in [2.05, 4.69) is 5.32 Å². The van der Waals surface area contributed by atoms with Crippen LogP contribution >= 0.6 is 11.8 Å². The van der Waals surface area contributed by atoms with Gasteiger partial charge >= 0.3 is 0 Å². The van der Waals surface area contributed by atoms with Gasteiger partial charge in [-0.2, -0.15) is 0 Å². The summed E-state index contributed by atoms with van der Waals surface area (Å²) in [4.78, 5) is 11.9. The number of thioether (sulfide) groups is 1. The molecule has 1 amide bonds. The monoisotopic (exact) mass is 285 g/mol. The molecule has 0 aromatic heterocycles. The Balaban J connectivity index is 1.73. The third kappa shape index (κ3) is 2.60. The summed E-state index contributed by atoms with van der Waals surface area (Å²) in [6.45, 7) is 0. The molecule has 3 rings (SSSR count). The minimum Gasteiger partial charge on any atom is -0.321 e. The smallest absolute Gasteiger partial charge is 0.256 e. The molecule has 1 heterocycles. The summed E-state index contributed by atoms with van der Waals surface area (Å²) in [5.74, 6) is 0.401. The average Bonchev–Trinajstić information content (AvgIpc) is 2.77. The summed E-state index contributed by atoms with van der Waals surface area (Å²) < 4.78 is 12.8. The summed E-state index contributed by atoms with van der Waals surface area (Å²) in [5, 5.41) is 4.70. The maximum atomic E-state index is 12.8. The number of benzene rings is 2. The van der Waals surface area contributed by atoms with Crippen molar-refractivity contribution in [1.29, 1.82) is 0 Å². The van der Waals surface area contributed by atoms with Crippen LogP contribution in [-0.4, -0.2) is 5.91 Å². The fourth-order valence-corrected chi connectivity index (χ4v) is 2.93. The van der Waals surface area contributed by atoms with Gasteiger partial charge in [0.1, 0.15) is 5.82 Å². The highest BCUT2D eigenvalue weighted by atomic mass is 32.2.